The van der Waals surface area contributed by atoms with Crippen molar-refractivity contribution in [3.63, 3.8) is 0 Å². The van der Waals surface area contributed by atoms with E-state index < -0.39 is 0 Å². The Kier molecular flexibility index (Phi) is 5.87. The highest BCUT2D eigenvalue weighted by molar-refractivity contribution is 7.80. The number of aryl methyl sites for hydroxylation is 1. The summed E-state index contributed by atoms with van der Waals surface area (Å²) in [5.74, 6) is 1.60. The van der Waals surface area contributed by atoms with Gasteiger partial charge in [0.25, 0.3) is 0 Å². The van der Waals surface area contributed by atoms with Gasteiger partial charge in [-0.05, 0) is 60.8 Å². The van der Waals surface area contributed by atoms with Crippen molar-refractivity contribution in [2.75, 3.05) is 26.7 Å². The fourth-order valence-electron chi connectivity index (χ4n) is 3.08. The van der Waals surface area contributed by atoms with Gasteiger partial charge >= 0.3 is 0 Å². The second kappa shape index (κ2) is 8.30. The lowest BCUT2D eigenvalue weighted by Gasteiger charge is -2.23. The van der Waals surface area contributed by atoms with Crippen LogP contribution in [0.2, 0.25) is 0 Å². The van der Waals surface area contributed by atoms with Crippen LogP contribution < -0.4 is 5.32 Å². The lowest BCUT2D eigenvalue weighted by Crippen LogP contribution is -2.31. The monoisotopic (exact) mass is 344 g/mol. The van der Waals surface area contributed by atoms with E-state index in [4.69, 9.17) is 12.2 Å². The fraction of sp³-hybridized carbons (Fsp3) is 0.529. The van der Waals surface area contributed by atoms with Crippen LogP contribution in [-0.4, -0.2) is 56.8 Å². The summed E-state index contributed by atoms with van der Waals surface area (Å²) in [7, 11) is 2.11. The zero-order valence-electron chi connectivity index (χ0n) is 14.1. The van der Waals surface area contributed by atoms with Crippen molar-refractivity contribution >= 4 is 17.2 Å². The fourth-order valence-corrected chi connectivity index (χ4v) is 3.30. The van der Waals surface area contributed by atoms with E-state index in [2.05, 4.69) is 32.8 Å². The van der Waals surface area contributed by atoms with Crippen LogP contribution in [0.4, 0.5) is 0 Å². The van der Waals surface area contributed by atoms with Gasteiger partial charge < -0.3 is 10.2 Å². The Bertz CT molecular complexity index is 650. The van der Waals surface area contributed by atoms with Gasteiger partial charge in [0.2, 0.25) is 0 Å². The van der Waals surface area contributed by atoms with Crippen molar-refractivity contribution in [3.8, 4) is 5.69 Å². The van der Waals surface area contributed by atoms with Gasteiger partial charge in [-0.25, -0.2) is 0 Å². The third-order valence-electron chi connectivity index (χ3n) is 4.45. The van der Waals surface area contributed by atoms with Crippen molar-refractivity contribution in [2.45, 2.75) is 25.7 Å². The maximum Gasteiger partial charge on any atom is 0.156 e. The zero-order chi connectivity index (χ0) is 16.8. The molecule has 0 amide bonds. The maximum absolute atomic E-state index is 5.58. The van der Waals surface area contributed by atoms with Crippen LogP contribution in [0.1, 0.15) is 25.1 Å². The van der Waals surface area contributed by atoms with Gasteiger partial charge in [-0.1, -0.05) is 30.4 Å². The number of nitrogens with zero attached hydrogens (tertiary/aromatic N) is 5. The molecule has 3 rings (SSSR count). The molecule has 0 aliphatic carbocycles. The summed E-state index contributed by atoms with van der Waals surface area (Å²) in [4.78, 5) is 3.26. The highest BCUT2D eigenvalue weighted by Crippen LogP contribution is 2.12. The van der Waals surface area contributed by atoms with E-state index in [1.165, 1.54) is 6.42 Å². The van der Waals surface area contributed by atoms with E-state index in [-0.39, 0.29) is 0 Å². The normalized spacial score (nSPS) is 17.1. The minimum Gasteiger partial charge on any atom is -0.369 e. The molecule has 6 nitrogen and oxygen atoms in total. The predicted molar refractivity (Wildman–Crippen MR) is 98.3 cm³/mol. The number of nitrogens with one attached hydrogen (secondary N) is 1. The van der Waals surface area contributed by atoms with Crippen molar-refractivity contribution in [3.05, 3.63) is 36.2 Å². The lowest BCUT2D eigenvalue weighted by molar-refractivity contribution is 0.401. The molecule has 24 heavy (non-hydrogen) atoms. The van der Waals surface area contributed by atoms with E-state index in [0.717, 1.165) is 61.3 Å². The molecule has 1 aliphatic heterocycles. The minimum atomic E-state index is 0.721. The summed E-state index contributed by atoms with van der Waals surface area (Å²) in [6, 6.07) is 9.98. The Balaban J connectivity index is 1.48. The van der Waals surface area contributed by atoms with Crippen LogP contribution in [0.15, 0.2) is 30.3 Å². The SMILES string of the molecule is CN(CC1CCNC1)C(=S)CCCc1nnnn1-c1ccccc1. The van der Waals surface area contributed by atoms with Crippen molar-refractivity contribution < 1.29 is 0 Å². The average molecular weight is 344 g/mol. The summed E-state index contributed by atoms with van der Waals surface area (Å²) in [6.45, 7) is 3.29. The number of rotatable bonds is 7. The molecule has 0 saturated carbocycles. The summed E-state index contributed by atoms with van der Waals surface area (Å²) in [5, 5.41) is 15.5. The van der Waals surface area contributed by atoms with Crippen LogP contribution in [0.25, 0.3) is 5.69 Å². The molecule has 1 saturated heterocycles. The summed E-state index contributed by atoms with van der Waals surface area (Å²) >= 11 is 5.58. The number of aromatic nitrogens is 4. The second-order valence-electron chi connectivity index (χ2n) is 6.33. The Hall–Kier alpha value is -1.86. The van der Waals surface area contributed by atoms with Crippen LogP contribution in [0.5, 0.6) is 0 Å². The number of tetrazole rings is 1. The first kappa shape index (κ1) is 17.0. The molecule has 1 atom stereocenters. The van der Waals surface area contributed by atoms with E-state index in [0.29, 0.717) is 0 Å². The Morgan fingerprint density at radius 1 is 1.38 bits per heavy atom. The quantitative estimate of drug-likeness (QED) is 0.774. The molecular weight excluding hydrogens is 320 g/mol. The van der Waals surface area contributed by atoms with Crippen LogP contribution in [-0.2, 0) is 6.42 Å². The highest BCUT2D eigenvalue weighted by atomic mass is 32.1. The maximum atomic E-state index is 5.58. The number of thiocarbonyl (C=S) groups is 1. The van der Waals surface area contributed by atoms with Crippen molar-refractivity contribution in [1.29, 1.82) is 0 Å². The Morgan fingerprint density at radius 3 is 2.96 bits per heavy atom. The summed E-state index contributed by atoms with van der Waals surface area (Å²) in [5.41, 5.74) is 0.992. The average Bonchev–Trinajstić information content (AvgIpc) is 3.27. The molecule has 1 aromatic carbocycles. The molecule has 2 heterocycles. The van der Waals surface area contributed by atoms with Gasteiger partial charge in [0.05, 0.1) is 10.7 Å². The van der Waals surface area contributed by atoms with Crippen LogP contribution in [0.3, 0.4) is 0 Å². The second-order valence-corrected chi connectivity index (χ2v) is 6.80. The Morgan fingerprint density at radius 2 is 2.21 bits per heavy atom. The number of para-hydroxylation sites is 1. The van der Waals surface area contributed by atoms with E-state index in [1.807, 2.05) is 30.3 Å². The molecule has 1 aliphatic rings. The number of hydrogen-bond acceptors (Lipinski definition) is 5. The molecule has 1 aromatic heterocycles. The molecule has 1 fully saturated rings. The van der Waals surface area contributed by atoms with E-state index in [1.54, 1.807) is 4.68 Å². The molecular formula is C17H24N6S. The molecule has 1 N–H and O–H groups in total. The lowest BCUT2D eigenvalue weighted by atomic mass is 10.1. The van der Waals surface area contributed by atoms with Crippen molar-refractivity contribution in [2.24, 2.45) is 5.92 Å². The minimum absolute atomic E-state index is 0.721. The molecule has 0 spiro atoms. The van der Waals surface area contributed by atoms with Gasteiger partial charge in [-0.2, -0.15) is 4.68 Å². The molecule has 0 bridgehead atoms. The summed E-state index contributed by atoms with van der Waals surface area (Å²) < 4.78 is 1.80. The first-order valence-electron chi connectivity index (χ1n) is 8.51. The Labute approximate surface area is 148 Å². The zero-order valence-corrected chi connectivity index (χ0v) is 14.9. The molecule has 1 unspecified atom stereocenters. The molecule has 7 heteroatoms. The summed E-state index contributed by atoms with van der Waals surface area (Å²) in [6.07, 6.45) is 3.92. The first-order valence-corrected chi connectivity index (χ1v) is 8.92. The highest BCUT2D eigenvalue weighted by Gasteiger charge is 2.17. The van der Waals surface area contributed by atoms with E-state index in [9.17, 15) is 0 Å². The van der Waals surface area contributed by atoms with Gasteiger partial charge in [0.15, 0.2) is 5.82 Å². The molecule has 0 radical (unpaired) electrons. The first-order chi connectivity index (χ1) is 11.7. The predicted octanol–water partition coefficient (Wildman–Crippen LogP) is 1.85. The standard InChI is InChI=1S/C17H24N6S/c1-22(13-14-10-11-18-12-14)17(24)9-5-8-16-19-20-21-23(16)15-6-3-2-4-7-15/h2-4,6-7,14,18H,5,8-13H2,1H3. The van der Waals surface area contributed by atoms with Gasteiger partial charge in [0.1, 0.15) is 0 Å². The van der Waals surface area contributed by atoms with Crippen LogP contribution in [0, 0.1) is 5.92 Å². The third-order valence-corrected chi connectivity index (χ3v) is 4.96. The largest absolute Gasteiger partial charge is 0.369 e. The number of benzene rings is 1. The van der Waals surface area contributed by atoms with Gasteiger partial charge in [-0.15, -0.1) is 5.10 Å². The molecule has 2 aromatic rings. The van der Waals surface area contributed by atoms with Gasteiger partial charge in [0, 0.05) is 20.0 Å². The topological polar surface area (TPSA) is 58.9 Å². The van der Waals surface area contributed by atoms with Crippen LogP contribution >= 0.6 is 12.2 Å². The van der Waals surface area contributed by atoms with Gasteiger partial charge in [-0.3, -0.25) is 0 Å². The number of hydrogen-bond donors (Lipinski definition) is 1. The van der Waals surface area contributed by atoms with E-state index >= 15 is 0 Å². The smallest absolute Gasteiger partial charge is 0.156 e. The molecule has 128 valence electrons. The third kappa shape index (κ3) is 4.36. The van der Waals surface area contributed by atoms with Crippen molar-refractivity contribution in [1.82, 2.24) is 30.4 Å².